The number of ether oxygens (including phenoxy) is 1. The van der Waals surface area contributed by atoms with Crippen LogP contribution in [0.1, 0.15) is 26.7 Å². The van der Waals surface area contributed by atoms with E-state index >= 15 is 0 Å². The first-order valence-corrected chi connectivity index (χ1v) is 5.32. The second-order valence-corrected chi connectivity index (χ2v) is 3.33. The molecule has 0 bridgehead atoms. The highest BCUT2D eigenvalue weighted by Gasteiger charge is 2.19. The molecule has 1 amide bonds. The predicted octanol–water partition coefficient (Wildman–Crippen LogP) is 1.88. The van der Waals surface area contributed by atoms with Gasteiger partial charge in [0.05, 0.1) is 0 Å². The Morgan fingerprint density at radius 3 is 2.44 bits per heavy atom. The standard InChI is InChI=1S/C12H19NO3/c1-5-8-9-13(11(14)6-2)10(4)16-12(15)7-3/h6-7,10H,2-3,5,8-9H2,1,4H3. The topological polar surface area (TPSA) is 46.6 Å². The van der Waals surface area contributed by atoms with Gasteiger partial charge in [-0.15, -0.1) is 0 Å². The zero-order valence-corrected chi connectivity index (χ0v) is 9.94. The number of amides is 1. The van der Waals surface area contributed by atoms with Crippen molar-refractivity contribution in [3.8, 4) is 0 Å². The largest absolute Gasteiger partial charge is 0.439 e. The number of hydrogen-bond donors (Lipinski definition) is 0. The summed E-state index contributed by atoms with van der Waals surface area (Å²) < 4.78 is 4.98. The summed E-state index contributed by atoms with van der Waals surface area (Å²) in [5.74, 6) is -0.774. The van der Waals surface area contributed by atoms with Crippen molar-refractivity contribution in [3.05, 3.63) is 25.3 Å². The Hall–Kier alpha value is -1.58. The maximum Gasteiger partial charge on any atom is 0.332 e. The van der Waals surface area contributed by atoms with Gasteiger partial charge in [0.2, 0.25) is 5.91 Å². The first kappa shape index (κ1) is 14.4. The second-order valence-electron chi connectivity index (χ2n) is 3.33. The fourth-order valence-electron chi connectivity index (χ4n) is 1.20. The third kappa shape index (κ3) is 4.77. The number of carbonyl (C=O) groups is 2. The molecular weight excluding hydrogens is 206 g/mol. The van der Waals surface area contributed by atoms with E-state index < -0.39 is 12.2 Å². The van der Waals surface area contributed by atoms with Gasteiger partial charge in [-0.25, -0.2) is 4.79 Å². The van der Waals surface area contributed by atoms with Crippen LogP contribution in [0.2, 0.25) is 0 Å². The van der Waals surface area contributed by atoms with Crippen LogP contribution in [0.5, 0.6) is 0 Å². The number of hydrogen-bond acceptors (Lipinski definition) is 3. The lowest BCUT2D eigenvalue weighted by molar-refractivity contribution is -0.156. The maximum absolute atomic E-state index is 11.5. The highest BCUT2D eigenvalue weighted by atomic mass is 16.6. The van der Waals surface area contributed by atoms with E-state index in [2.05, 4.69) is 13.2 Å². The molecule has 0 aliphatic heterocycles. The summed E-state index contributed by atoms with van der Waals surface area (Å²) >= 11 is 0. The van der Waals surface area contributed by atoms with E-state index in [1.807, 2.05) is 6.92 Å². The summed E-state index contributed by atoms with van der Waals surface area (Å²) in [6, 6.07) is 0. The Balaban J connectivity index is 4.47. The normalized spacial score (nSPS) is 11.4. The van der Waals surface area contributed by atoms with Crippen molar-refractivity contribution in [2.45, 2.75) is 32.9 Å². The molecule has 1 unspecified atom stereocenters. The molecule has 0 saturated heterocycles. The summed E-state index contributed by atoms with van der Waals surface area (Å²) in [6.07, 6.45) is 3.52. The Morgan fingerprint density at radius 2 is 2.00 bits per heavy atom. The molecule has 0 N–H and O–H groups in total. The van der Waals surface area contributed by atoms with Gasteiger partial charge in [-0.2, -0.15) is 0 Å². The summed E-state index contributed by atoms with van der Waals surface area (Å²) in [5, 5.41) is 0. The van der Waals surface area contributed by atoms with Crippen LogP contribution in [0.3, 0.4) is 0 Å². The summed E-state index contributed by atoms with van der Waals surface area (Å²) in [4.78, 5) is 24.0. The molecule has 0 aromatic rings. The number of rotatable bonds is 7. The lowest BCUT2D eigenvalue weighted by Crippen LogP contribution is -2.40. The van der Waals surface area contributed by atoms with E-state index in [0.29, 0.717) is 6.54 Å². The monoisotopic (exact) mass is 225 g/mol. The van der Waals surface area contributed by atoms with Crippen LogP contribution in [0.15, 0.2) is 25.3 Å². The van der Waals surface area contributed by atoms with Crippen LogP contribution < -0.4 is 0 Å². The van der Waals surface area contributed by atoms with Crippen LogP contribution in [-0.4, -0.2) is 29.5 Å². The molecule has 16 heavy (non-hydrogen) atoms. The Bertz CT molecular complexity index is 273. The van der Waals surface area contributed by atoms with Gasteiger partial charge < -0.3 is 9.64 Å². The molecule has 0 heterocycles. The molecule has 0 saturated carbocycles. The number of esters is 1. The van der Waals surface area contributed by atoms with E-state index in [1.165, 1.54) is 11.0 Å². The third-order valence-electron chi connectivity index (χ3n) is 2.10. The predicted molar refractivity (Wildman–Crippen MR) is 62.6 cm³/mol. The van der Waals surface area contributed by atoms with Gasteiger partial charge >= 0.3 is 5.97 Å². The fraction of sp³-hybridized carbons (Fsp3) is 0.500. The number of nitrogens with zero attached hydrogens (tertiary/aromatic N) is 1. The van der Waals surface area contributed by atoms with E-state index in [1.54, 1.807) is 6.92 Å². The first-order chi connectivity index (χ1) is 7.56. The zero-order valence-electron chi connectivity index (χ0n) is 9.94. The molecule has 0 rings (SSSR count). The molecule has 4 nitrogen and oxygen atoms in total. The minimum atomic E-state index is -0.595. The average molecular weight is 225 g/mol. The Kier molecular flexibility index (Phi) is 6.92. The lowest BCUT2D eigenvalue weighted by atomic mass is 10.3. The van der Waals surface area contributed by atoms with E-state index in [4.69, 9.17) is 4.74 Å². The van der Waals surface area contributed by atoms with Gasteiger partial charge in [-0.05, 0) is 19.4 Å². The van der Waals surface area contributed by atoms with Gasteiger partial charge in [0.15, 0.2) is 6.23 Å². The first-order valence-electron chi connectivity index (χ1n) is 5.32. The van der Waals surface area contributed by atoms with E-state index in [9.17, 15) is 9.59 Å². The highest BCUT2D eigenvalue weighted by molar-refractivity contribution is 5.87. The van der Waals surface area contributed by atoms with Crippen LogP contribution in [0.25, 0.3) is 0 Å². The quantitative estimate of drug-likeness (QED) is 0.377. The molecule has 0 radical (unpaired) electrons. The third-order valence-corrected chi connectivity index (χ3v) is 2.10. The average Bonchev–Trinajstić information content (AvgIpc) is 2.28. The van der Waals surface area contributed by atoms with Crippen molar-refractivity contribution < 1.29 is 14.3 Å². The molecule has 0 aliphatic rings. The van der Waals surface area contributed by atoms with Crippen molar-refractivity contribution >= 4 is 11.9 Å². The smallest absolute Gasteiger partial charge is 0.332 e. The van der Waals surface area contributed by atoms with Gasteiger partial charge in [-0.3, -0.25) is 4.79 Å². The van der Waals surface area contributed by atoms with Gasteiger partial charge in [0.25, 0.3) is 0 Å². The Labute approximate surface area is 96.6 Å². The lowest BCUT2D eigenvalue weighted by Gasteiger charge is -2.27. The molecule has 0 spiro atoms. The van der Waals surface area contributed by atoms with Crippen LogP contribution in [-0.2, 0) is 14.3 Å². The minimum absolute atomic E-state index is 0.238. The molecule has 0 aromatic heterocycles. The minimum Gasteiger partial charge on any atom is -0.439 e. The molecular formula is C12H19NO3. The van der Waals surface area contributed by atoms with E-state index in [0.717, 1.165) is 18.9 Å². The van der Waals surface area contributed by atoms with Gasteiger partial charge in [0, 0.05) is 12.6 Å². The molecule has 1 atom stereocenters. The fourth-order valence-corrected chi connectivity index (χ4v) is 1.20. The molecule has 0 aromatic carbocycles. The number of unbranched alkanes of at least 4 members (excludes halogenated alkanes) is 1. The van der Waals surface area contributed by atoms with Crippen molar-refractivity contribution in [1.82, 2.24) is 4.90 Å². The van der Waals surface area contributed by atoms with Crippen LogP contribution in [0.4, 0.5) is 0 Å². The molecule has 90 valence electrons. The van der Waals surface area contributed by atoms with Crippen molar-refractivity contribution in [2.75, 3.05) is 6.54 Å². The molecule has 4 heteroatoms. The Morgan fingerprint density at radius 1 is 1.38 bits per heavy atom. The highest BCUT2D eigenvalue weighted by Crippen LogP contribution is 2.05. The molecule has 0 aliphatic carbocycles. The van der Waals surface area contributed by atoms with Crippen molar-refractivity contribution in [1.29, 1.82) is 0 Å². The zero-order chi connectivity index (χ0) is 12.6. The van der Waals surface area contributed by atoms with Crippen molar-refractivity contribution in [2.24, 2.45) is 0 Å². The maximum atomic E-state index is 11.5. The summed E-state index contributed by atoms with van der Waals surface area (Å²) in [5.41, 5.74) is 0. The van der Waals surface area contributed by atoms with E-state index in [-0.39, 0.29) is 5.91 Å². The second kappa shape index (κ2) is 7.68. The van der Waals surface area contributed by atoms with Crippen molar-refractivity contribution in [3.63, 3.8) is 0 Å². The molecule has 0 fully saturated rings. The van der Waals surface area contributed by atoms with Gasteiger partial charge in [-0.1, -0.05) is 26.5 Å². The van der Waals surface area contributed by atoms with Crippen LogP contribution in [0, 0.1) is 0 Å². The summed E-state index contributed by atoms with van der Waals surface area (Å²) in [7, 11) is 0. The SMILES string of the molecule is C=CC(=O)OC(C)N(CCCC)C(=O)C=C. The summed E-state index contributed by atoms with van der Waals surface area (Å²) in [6.45, 7) is 10.9. The van der Waals surface area contributed by atoms with Crippen LogP contribution >= 0.6 is 0 Å². The van der Waals surface area contributed by atoms with Gasteiger partial charge in [0.1, 0.15) is 0 Å². The number of carbonyl (C=O) groups excluding carboxylic acids is 2.